The van der Waals surface area contributed by atoms with E-state index < -0.39 is 0 Å². The highest BCUT2D eigenvalue weighted by molar-refractivity contribution is 5.78. The minimum Gasteiger partial charge on any atom is -0.396 e. The number of hydrogen-bond donors (Lipinski definition) is 1. The largest absolute Gasteiger partial charge is 0.396 e. The fourth-order valence-corrected chi connectivity index (χ4v) is 0.466. The molecule has 0 aliphatic carbocycles. The summed E-state index contributed by atoms with van der Waals surface area (Å²) in [6.07, 6.45) is 0.667. The smallest absolute Gasteiger partial charge is 0.137 e. The van der Waals surface area contributed by atoms with E-state index in [1.165, 1.54) is 0 Å². The molecule has 3 heteroatoms. The number of ketones is 1. The van der Waals surface area contributed by atoms with Crippen LogP contribution < -0.4 is 0 Å². The van der Waals surface area contributed by atoms with Crippen molar-refractivity contribution in [3.63, 3.8) is 0 Å². The van der Waals surface area contributed by atoms with Gasteiger partial charge in [0.05, 0.1) is 6.61 Å². The molecule has 9 heavy (non-hydrogen) atoms. The van der Waals surface area contributed by atoms with Gasteiger partial charge < -0.3 is 9.84 Å². The second-order valence-corrected chi connectivity index (χ2v) is 1.76. The van der Waals surface area contributed by atoms with E-state index in [4.69, 9.17) is 5.11 Å². The number of hydrogen-bond acceptors (Lipinski definition) is 3. The molecule has 54 valence electrons. The summed E-state index contributed by atoms with van der Waals surface area (Å²) in [7, 11) is 1.55. The Labute approximate surface area is 54.6 Å². The Morgan fingerprint density at radius 2 is 2.22 bits per heavy atom. The number of aliphatic hydroxyl groups excluding tert-OH is 1. The van der Waals surface area contributed by atoms with Crippen LogP contribution in [0.15, 0.2) is 0 Å². The summed E-state index contributed by atoms with van der Waals surface area (Å²) in [6, 6.07) is 0. The summed E-state index contributed by atoms with van der Waals surface area (Å²) in [4.78, 5) is 10.6. The van der Waals surface area contributed by atoms with E-state index in [2.05, 4.69) is 4.74 Å². The maximum atomic E-state index is 10.6. The molecule has 0 spiro atoms. The summed E-state index contributed by atoms with van der Waals surface area (Å²) in [5.41, 5.74) is 0. The van der Waals surface area contributed by atoms with Gasteiger partial charge >= 0.3 is 0 Å². The number of rotatable bonds is 5. The lowest BCUT2D eigenvalue weighted by molar-refractivity contribution is -0.120. The van der Waals surface area contributed by atoms with E-state index in [0.29, 0.717) is 13.0 Å². The second-order valence-electron chi connectivity index (χ2n) is 1.76. The van der Waals surface area contributed by atoms with E-state index in [-0.39, 0.29) is 18.8 Å². The molecule has 0 bridgehead atoms. The maximum absolute atomic E-state index is 10.6. The molecule has 0 aromatic heterocycles. The molecule has 3 nitrogen and oxygen atoms in total. The van der Waals surface area contributed by atoms with Crippen LogP contribution in [0.25, 0.3) is 0 Å². The quantitative estimate of drug-likeness (QED) is 0.571. The van der Waals surface area contributed by atoms with Gasteiger partial charge in [-0.3, -0.25) is 4.79 Å². The minimum atomic E-state index is -0.0530. The average Bonchev–Trinajstić information content (AvgIpc) is 1.85. The van der Waals surface area contributed by atoms with Crippen molar-refractivity contribution in [2.45, 2.75) is 12.8 Å². The van der Waals surface area contributed by atoms with Crippen molar-refractivity contribution in [2.24, 2.45) is 0 Å². The van der Waals surface area contributed by atoms with Crippen LogP contribution in [-0.4, -0.2) is 31.2 Å². The minimum absolute atomic E-state index is 0.0530. The fourth-order valence-electron chi connectivity index (χ4n) is 0.466. The Hall–Kier alpha value is -0.410. The van der Waals surface area contributed by atoms with Gasteiger partial charge in [-0.25, -0.2) is 0 Å². The maximum Gasteiger partial charge on any atom is 0.137 e. The van der Waals surface area contributed by atoms with Crippen molar-refractivity contribution >= 4 is 5.78 Å². The standard InChI is InChI=1S/C6H12O3/c1-9-5-3-6(8)2-4-7/h7H,2-5H2,1H3. The molecule has 0 radical (unpaired) electrons. The van der Waals surface area contributed by atoms with Gasteiger partial charge in [0.1, 0.15) is 5.78 Å². The van der Waals surface area contributed by atoms with Gasteiger partial charge in [0.15, 0.2) is 0 Å². The highest BCUT2D eigenvalue weighted by Gasteiger charge is 1.97. The topological polar surface area (TPSA) is 46.5 Å². The summed E-state index contributed by atoms with van der Waals surface area (Å²) in [5.74, 6) is 0.0550. The van der Waals surface area contributed by atoms with E-state index in [1.54, 1.807) is 7.11 Å². The monoisotopic (exact) mass is 132 g/mol. The highest BCUT2D eigenvalue weighted by Crippen LogP contribution is 1.87. The molecule has 0 aliphatic heterocycles. The number of Topliss-reactive ketones (excluding diaryl/α,β-unsaturated/α-hetero) is 1. The van der Waals surface area contributed by atoms with Crippen molar-refractivity contribution in [1.29, 1.82) is 0 Å². The molecule has 0 aliphatic rings. The zero-order valence-corrected chi connectivity index (χ0v) is 5.59. The Morgan fingerprint density at radius 1 is 1.56 bits per heavy atom. The lowest BCUT2D eigenvalue weighted by atomic mass is 10.2. The highest BCUT2D eigenvalue weighted by atomic mass is 16.5. The van der Waals surface area contributed by atoms with E-state index in [9.17, 15) is 4.79 Å². The van der Waals surface area contributed by atoms with Gasteiger partial charge in [-0.2, -0.15) is 0 Å². The molecule has 0 aromatic carbocycles. The van der Waals surface area contributed by atoms with Crippen LogP contribution in [0.3, 0.4) is 0 Å². The molecule has 0 atom stereocenters. The molecule has 0 heterocycles. The zero-order valence-electron chi connectivity index (χ0n) is 5.59. The molecule has 0 rings (SSSR count). The predicted octanol–water partition coefficient (Wildman–Crippen LogP) is -0.0256. The first-order valence-electron chi connectivity index (χ1n) is 2.92. The molecule has 0 fully saturated rings. The SMILES string of the molecule is COCCC(=O)CCO. The van der Waals surface area contributed by atoms with Crippen molar-refractivity contribution in [1.82, 2.24) is 0 Å². The van der Waals surface area contributed by atoms with Crippen molar-refractivity contribution in [3.05, 3.63) is 0 Å². The third-order valence-corrected chi connectivity index (χ3v) is 0.976. The normalized spacial score (nSPS) is 9.56. The van der Waals surface area contributed by atoms with Gasteiger partial charge in [-0.05, 0) is 0 Å². The molecular weight excluding hydrogens is 120 g/mol. The third kappa shape index (κ3) is 5.46. The van der Waals surface area contributed by atoms with Crippen molar-refractivity contribution in [2.75, 3.05) is 20.3 Å². The van der Waals surface area contributed by atoms with E-state index in [0.717, 1.165) is 0 Å². The summed E-state index contributed by atoms with van der Waals surface area (Å²) >= 11 is 0. The number of carbonyl (C=O) groups excluding carboxylic acids is 1. The summed E-state index contributed by atoms with van der Waals surface area (Å²) in [5, 5.41) is 8.27. The van der Waals surface area contributed by atoms with Crippen LogP contribution in [0.1, 0.15) is 12.8 Å². The Kier molecular flexibility index (Phi) is 5.46. The molecule has 0 aromatic rings. The fraction of sp³-hybridized carbons (Fsp3) is 0.833. The molecular formula is C6H12O3. The molecule has 0 saturated carbocycles. The van der Waals surface area contributed by atoms with Crippen LogP contribution in [-0.2, 0) is 9.53 Å². The zero-order chi connectivity index (χ0) is 7.11. The van der Waals surface area contributed by atoms with Gasteiger partial charge in [0, 0.05) is 26.6 Å². The molecule has 1 N–H and O–H groups in total. The second kappa shape index (κ2) is 5.72. The van der Waals surface area contributed by atoms with Gasteiger partial charge in [0.2, 0.25) is 0 Å². The molecule has 0 saturated heterocycles. The number of methoxy groups -OCH3 is 1. The third-order valence-electron chi connectivity index (χ3n) is 0.976. The summed E-state index contributed by atoms with van der Waals surface area (Å²) < 4.78 is 4.66. The summed E-state index contributed by atoms with van der Waals surface area (Å²) in [6.45, 7) is 0.404. The van der Waals surface area contributed by atoms with Crippen LogP contribution in [0.5, 0.6) is 0 Å². The van der Waals surface area contributed by atoms with Crippen LogP contribution in [0.4, 0.5) is 0 Å². The van der Waals surface area contributed by atoms with Crippen molar-refractivity contribution < 1.29 is 14.6 Å². The Morgan fingerprint density at radius 3 is 2.67 bits per heavy atom. The van der Waals surface area contributed by atoms with Crippen LogP contribution in [0.2, 0.25) is 0 Å². The van der Waals surface area contributed by atoms with Crippen molar-refractivity contribution in [3.8, 4) is 0 Å². The lowest BCUT2D eigenvalue weighted by Crippen LogP contribution is -2.04. The first-order chi connectivity index (χ1) is 4.31. The lowest BCUT2D eigenvalue weighted by Gasteiger charge is -1.95. The van der Waals surface area contributed by atoms with Gasteiger partial charge in [-0.1, -0.05) is 0 Å². The van der Waals surface area contributed by atoms with E-state index in [1.807, 2.05) is 0 Å². The number of carbonyl (C=O) groups is 1. The number of aliphatic hydroxyl groups is 1. The average molecular weight is 132 g/mol. The first kappa shape index (κ1) is 8.59. The van der Waals surface area contributed by atoms with Crippen LogP contribution in [0, 0.1) is 0 Å². The molecule has 0 amide bonds. The van der Waals surface area contributed by atoms with Gasteiger partial charge in [-0.15, -0.1) is 0 Å². The first-order valence-corrected chi connectivity index (χ1v) is 2.92. The Bertz CT molecular complexity index is 80.4. The van der Waals surface area contributed by atoms with E-state index >= 15 is 0 Å². The molecule has 0 unspecified atom stereocenters. The Balaban J connectivity index is 3.06. The predicted molar refractivity (Wildman–Crippen MR) is 33.2 cm³/mol. The van der Waals surface area contributed by atoms with Crippen LogP contribution >= 0.6 is 0 Å². The number of ether oxygens (including phenoxy) is 1. The van der Waals surface area contributed by atoms with Gasteiger partial charge in [0.25, 0.3) is 0 Å².